The lowest BCUT2D eigenvalue weighted by atomic mass is 10.0. The van der Waals surface area contributed by atoms with Crippen LogP contribution in [0.1, 0.15) is 34.6 Å². The zero-order chi connectivity index (χ0) is 16.4. The number of fused-ring (bicyclic) bond motifs is 1. The van der Waals surface area contributed by atoms with Crippen LogP contribution in [-0.2, 0) is 0 Å². The molecule has 118 valence electrons. The van der Waals surface area contributed by atoms with Crippen molar-refractivity contribution in [3.63, 3.8) is 0 Å². The monoisotopic (exact) mass is 308 g/mol. The van der Waals surface area contributed by atoms with Crippen LogP contribution in [0.2, 0.25) is 0 Å². The normalized spacial score (nSPS) is 12.3. The lowest BCUT2D eigenvalue weighted by Crippen LogP contribution is -2.29. The van der Waals surface area contributed by atoms with Crippen LogP contribution in [0, 0.1) is 13.8 Å². The summed E-state index contributed by atoms with van der Waals surface area (Å²) < 4.78 is 1.97. The highest BCUT2D eigenvalue weighted by atomic mass is 16.1. The van der Waals surface area contributed by atoms with Crippen molar-refractivity contribution in [1.29, 1.82) is 0 Å². The van der Waals surface area contributed by atoms with Crippen molar-refractivity contribution in [1.82, 2.24) is 19.9 Å². The highest BCUT2D eigenvalue weighted by molar-refractivity contribution is 6.06. The third-order valence-electron chi connectivity index (χ3n) is 4.01. The first kappa shape index (κ1) is 15.2. The zero-order valence-electron chi connectivity index (χ0n) is 13.6. The van der Waals surface area contributed by atoms with Crippen LogP contribution in [-0.4, -0.2) is 27.0 Å². The van der Waals surface area contributed by atoms with E-state index in [0.717, 1.165) is 22.2 Å². The molecule has 0 fully saturated rings. The van der Waals surface area contributed by atoms with Crippen molar-refractivity contribution in [2.75, 3.05) is 6.54 Å². The topological polar surface area (TPSA) is 59.8 Å². The molecular weight excluding hydrogens is 288 g/mol. The molecule has 0 saturated carbocycles. The maximum atomic E-state index is 12.6. The number of aryl methyl sites for hydroxylation is 2. The second kappa shape index (κ2) is 6.20. The van der Waals surface area contributed by atoms with Gasteiger partial charge in [0, 0.05) is 36.1 Å². The number of carbonyl (C=O) groups is 1. The number of nitrogens with zero attached hydrogens (tertiary/aromatic N) is 3. The third kappa shape index (κ3) is 3.08. The maximum Gasteiger partial charge on any atom is 0.252 e. The minimum atomic E-state index is -0.0712. The number of carbonyl (C=O) groups excluding carboxylic acids is 1. The van der Waals surface area contributed by atoms with E-state index >= 15 is 0 Å². The van der Waals surface area contributed by atoms with Crippen LogP contribution in [0.25, 0.3) is 10.9 Å². The number of amides is 1. The van der Waals surface area contributed by atoms with Gasteiger partial charge in [0.25, 0.3) is 5.91 Å². The molecule has 1 atom stereocenters. The van der Waals surface area contributed by atoms with Gasteiger partial charge in [-0.25, -0.2) is 4.98 Å². The number of pyridine rings is 1. The molecule has 5 heteroatoms. The molecule has 1 amide bonds. The van der Waals surface area contributed by atoms with E-state index in [1.165, 1.54) is 0 Å². The second-order valence-corrected chi connectivity index (χ2v) is 5.85. The largest absolute Gasteiger partial charge is 0.350 e. The molecule has 0 aliphatic rings. The van der Waals surface area contributed by atoms with E-state index in [4.69, 9.17) is 0 Å². The van der Waals surface area contributed by atoms with Crippen molar-refractivity contribution in [3.8, 4) is 0 Å². The van der Waals surface area contributed by atoms with Gasteiger partial charge < -0.3 is 9.88 Å². The summed E-state index contributed by atoms with van der Waals surface area (Å²) in [7, 11) is 0. The molecule has 1 N–H and O–H groups in total. The average molecular weight is 308 g/mol. The molecule has 0 unspecified atom stereocenters. The lowest BCUT2D eigenvalue weighted by Gasteiger charge is -2.15. The van der Waals surface area contributed by atoms with E-state index in [0.29, 0.717) is 12.1 Å². The Hall–Kier alpha value is -2.69. The number of rotatable bonds is 4. The fourth-order valence-electron chi connectivity index (χ4n) is 2.68. The molecule has 3 aromatic rings. The Balaban J connectivity index is 1.85. The molecule has 1 aromatic carbocycles. The van der Waals surface area contributed by atoms with E-state index in [1.807, 2.05) is 55.8 Å². The van der Waals surface area contributed by atoms with E-state index in [-0.39, 0.29) is 11.9 Å². The SMILES string of the molecule is Cc1cc(C(=O)NC[C@@H](C)n2ccnc2)c2cccc(C)c2n1. The average Bonchev–Trinajstić information content (AvgIpc) is 3.07. The lowest BCUT2D eigenvalue weighted by molar-refractivity contribution is 0.0950. The standard InChI is InChI=1S/C18H20N4O/c1-12-5-4-6-15-16(9-13(2)21-17(12)15)18(23)20-10-14(3)22-8-7-19-11-22/h4-9,11,14H,10H2,1-3H3,(H,20,23)/t14-/m1/s1. The van der Waals surface area contributed by atoms with Crippen LogP contribution < -0.4 is 5.32 Å². The summed E-state index contributed by atoms with van der Waals surface area (Å²) >= 11 is 0. The van der Waals surface area contributed by atoms with Crippen molar-refractivity contribution >= 4 is 16.8 Å². The number of para-hydroxylation sites is 1. The summed E-state index contributed by atoms with van der Waals surface area (Å²) in [4.78, 5) is 21.2. The van der Waals surface area contributed by atoms with Gasteiger partial charge in [0.1, 0.15) is 0 Å². The quantitative estimate of drug-likeness (QED) is 0.806. The fraction of sp³-hybridized carbons (Fsp3) is 0.278. The summed E-state index contributed by atoms with van der Waals surface area (Å²) in [6, 6.07) is 7.91. The third-order valence-corrected chi connectivity index (χ3v) is 4.01. The minimum absolute atomic E-state index is 0.0712. The molecule has 3 rings (SSSR count). The van der Waals surface area contributed by atoms with Crippen LogP contribution in [0.3, 0.4) is 0 Å². The molecule has 0 spiro atoms. The van der Waals surface area contributed by atoms with E-state index in [1.54, 1.807) is 12.5 Å². The molecule has 5 nitrogen and oxygen atoms in total. The zero-order valence-corrected chi connectivity index (χ0v) is 13.6. The molecule has 0 saturated heterocycles. The van der Waals surface area contributed by atoms with Crippen molar-refractivity contribution in [3.05, 3.63) is 59.8 Å². The second-order valence-electron chi connectivity index (χ2n) is 5.85. The molecule has 23 heavy (non-hydrogen) atoms. The highest BCUT2D eigenvalue weighted by Crippen LogP contribution is 2.21. The van der Waals surface area contributed by atoms with Gasteiger partial charge in [-0.1, -0.05) is 18.2 Å². The van der Waals surface area contributed by atoms with E-state index in [9.17, 15) is 4.79 Å². The Morgan fingerprint density at radius 3 is 2.91 bits per heavy atom. The van der Waals surface area contributed by atoms with Crippen LogP contribution in [0.5, 0.6) is 0 Å². The number of hydrogen-bond acceptors (Lipinski definition) is 3. The minimum Gasteiger partial charge on any atom is -0.350 e. The molecule has 2 heterocycles. The first-order valence-corrected chi connectivity index (χ1v) is 7.69. The molecule has 0 radical (unpaired) electrons. The Bertz CT molecular complexity index is 840. The van der Waals surface area contributed by atoms with Gasteiger partial charge >= 0.3 is 0 Å². The van der Waals surface area contributed by atoms with Gasteiger partial charge in [0.2, 0.25) is 0 Å². The van der Waals surface area contributed by atoms with Crippen molar-refractivity contribution < 1.29 is 4.79 Å². The predicted octanol–water partition coefficient (Wildman–Crippen LogP) is 3.04. The van der Waals surface area contributed by atoms with Gasteiger partial charge in [-0.2, -0.15) is 0 Å². The smallest absolute Gasteiger partial charge is 0.252 e. The number of aromatic nitrogens is 3. The van der Waals surface area contributed by atoms with Gasteiger partial charge in [-0.15, -0.1) is 0 Å². The number of benzene rings is 1. The van der Waals surface area contributed by atoms with Gasteiger partial charge in [0.15, 0.2) is 0 Å². The summed E-state index contributed by atoms with van der Waals surface area (Å²) in [6.07, 6.45) is 5.39. The Labute approximate surface area is 135 Å². The summed E-state index contributed by atoms with van der Waals surface area (Å²) in [5.41, 5.74) is 3.49. The number of imidazole rings is 1. The van der Waals surface area contributed by atoms with Crippen LogP contribution in [0.15, 0.2) is 43.0 Å². The van der Waals surface area contributed by atoms with Crippen molar-refractivity contribution in [2.45, 2.75) is 26.8 Å². The summed E-state index contributed by atoms with van der Waals surface area (Å²) in [6.45, 7) is 6.51. The first-order chi connectivity index (χ1) is 11.1. The molecule has 0 aliphatic carbocycles. The van der Waals surface area contributed by atoms with Gasteiger partial charge in [-0.3, -0.25) is 9.78 Å². The molecule has 0 aliphatic heterocycles. The number of nitrogens with one attached hydrogen (secondary N) is 1. The summed E-state index contributed by atoms with van der Waals surface area (Å²) in [5, 5.41) is 3.90. The Morgan fingerprint density at radius 2 is 2.17 bits per heavy atom. The van der Waals surface area contributed by atoms with Crippen LogP contribution >= 0.6 is 0 Å². The summed E-state index contributed by atoms with van der Waals surface area (Å²) in [5.74, 6) is -0.0712. The molecule has 2 aromatic heterocycles. The number of hydrogen-bond donors (Lipinski definition) is 1. The van der Waals surface area contributed by atoms with E-state index in [2.05, 4.69) is 15.3 Å². The van der Waals surface area contributed by atoms with Gasteiger partial charge in [0.05, 0.1) is 17.4 Å². The Kier molecular flexibility index (Phi) is 4.10. The predicted molar refractivity (Wildman–Crippen MR) is 90.5 cm³/mol. The van der Waals surface area contributed by atoms with Crippen molar-refractivity contribution in [2.24, 2.45) is 0 Å². The van der Waals surface area contributed by atoms with Gasteiger partial charge in [-0.05, 0) is 32.4 Å². The Morgan fingerprint density at radius 1 is 1.35 bits per heavy atom. The first-order valence-electron chi connectivity index (χ1n) is 7.69. The molecule has 0 bridgehead atoms. The van der Waals surface area contributed by atoms with Crippen LogP contribution in [0.4, 0.5) is 0 Å². The van der Waals surface area contributed by atoms with E-state index < -0.39 is 0 Å². The maximum absolute atomic E-state index is 12.6. The fourth-order valence-corrected chi connectivity index (χ4v) is 2.68. The highest BCUT2D eigenvalue weighted by Gasteiger charge is 2.14. The molecular formula is C18H20N4O.